The predicted octanol–water partition coefficient (Wildman–Crippen LogP) is 1.76. The Hall–Kier alpha value is -1.20. The molecule has 0 unspecified atom stereocenters. The lowest BCUT2D eigenvalue weighted by Gasteiger charge is -2.07. The van der Waals surface area contributed by atoms with E-state index in [1.165, 1.54) is 0 Å². The van der Waals surface area contributed by atoms with Gasteiger partial charge in [-0.15, -0.1) is 0 Å². The van der Waals surface area contributed by atoms with Gasteiger partial charge in [-0.25, -0.2) is 8.42 Å². The summed E-state index contributed by atoms with van der Waals surface area (Å²) >= 11 is 0. The van der Waals surface area contributed by atoms with E-state index in [1.807, 2.05) is 12.1 Å². The van der Waals surface area contributed by atoms with E-state index in [9.17, 15) is 13.2 Å². The Kier molecular flexibility index (Phi) is 5.69. The smallest absolute Gasteiger partial charge is 0.177 e. The number of benzene rings is 1. The van der Waals surface area contributed by atoms with E-state index < -0.39 is 15.6 Å². The van der Waals surface area contributed by atoms with Crippen LogP contribution < -0.4 is 5.73 Å². The Bertz CT molecular complexity index is 518. The summed E-state index contributed by atoms with van der Waals surface area (Å²) in [4.78, 5) is 11.9. The Morgan fingerprint density at radius 2 is 1.79 bits per heavy atom. The lowest BCUT2D eigenvalue weighted by molar-refractivity contribution is 0.102. The van der Waals surface area contributed by atoms with Crippen LogP contribution in [0.15, 0.2) is 24.3 Å². The second-order valence-corrected chi connectivity index (χ2v) is 7.12. The zero-order valence-electron chi connectivity index (χ0n) is 11.4. The average molecular weight is 283 g/mol. The van der Waals surface area contributed by atoms with Crippen LogP contribution in [0.25, 0.3) is 0 Å². The van der Waals surface area contributed by atoms with Crippen LogP contribution in [0.5, 0.6) is 0 Å². The van der Waals surface area contributed by atoms with Crippen LogP contribution in [0.1, 0.15) is 42.1 Å². The highest BCUT2D eigenvalue weighted by Gasteiger charge is 2.17. The zero-order valence-corrected chi connectivity index (χ0v) is 12.2. The molecular weight excluding hydrogens is 262 g/mol. The SMILES string of the molecule is CC(C)c1ccc(C(=O)CS(=O)(=O)CCCN)cc1. The molecule has 0 saturated carbocycles. The van der Waals surface area contributed by atoms with Crippen molar-refractivity contribution in [2.45, 2.75) is 26.2 Å². The molecule has 0 bridgehead atoms. The van der Waals surface area contributed by atoms with Gasteiger partial charge in [-0.1, -0.05) is 38.1 Å². The van der Waals surface area contributed by atoms with Crippen molar-refractivity contribution < 1.29 is 13.2 Å². The van der Waals surface area contributed by atoms with E-state index in [0.717, 1.165) is 5.56 Å². The number of hydrogen-bond acceptors (Lipinski definition) is 4. The van der Waals surface area contributed by atoms with Crippen molar-refractivity contribution in [1.82, 2.24) is 0 Å². The maximum absolute atomic E-state index is 11.9. The number of sulfone groups is 1. The first kappa shape index (κ1) is 15.9. The molecule has 4 nitrogen and oxygen atoms in total. The highest BCUT2D eigenvalue weighted by Crippen LogP contribution is 2.15. The number of ketones is 1. The molecule has 0 spiro atoms. The van der Waals surface area contributed by atoms with Gasteiger partial charge in [0.15, 0.2) is 15.6 Å². The van der Waals surface area contributed by atoms with Gasteiger partial charge in [-0.3, -0.25) is 4.79 Å². The zero-order chi connectivity index (χ0) is 14.5. The molecule has 0 fully saturated rings. The fraction of sp³-hybridized carbons (Fsp3) is 0.500. The highest BCUT2D eigenvalue weighted by molar-refractivity contribution is 7.92. The standard InChI is InChI=1S/C14H21NO3S/c1-11(2)12-4-6-13(7-5-12)14(16)10-19(17,18)9-3-8-15/h4-7,11H,3,8-10,15H2,1-2H3. The minimum absolute atomic E-state index is 0.0285. The minimum atomic E-state index is -3.35. The van der Waals surface area contributed by atoms with Crippen LogP contribution in [0.4, 0.5) is 0 Å². The van der Waals surface area contributed by atoms with Gasteiger partial charge >= 0.3 is 0 Å². The van der Waals surface area contributed by atoms with Gasteiger partial charge in [-0.2, -0.15) is 0 Å². The van der Waals surface area contributed by atoms with E-state index in [4.69, 9.17) is 5.73 Å². The Labute approximate surface area is 114 Å². The second kappa shape index (κ2) is 6.82. The van der Waals surface area contributed by atoms with E-state index >= 15 is 0 Å². The molecule has 2 N–H and O–H groups in total. The van der Waals surface area contributed by atoms with Crippen molar-refractivity contribution in [3.63, 3.8) is 0 Å². The maximum Gasteiger partial charge on any atom is 0.177 e. The fourth-order valence-corrected chi connectivity index (χ4v) is 3.03. The second-order valence-electron chi connectivity index (χ2n) is 4.93. The molecule has 0 atom stereocenters. The molecule has 1 rings (SSSR count). The van der Waals surface area contributed by atoms with Gasteiger partial charge in [0.2, 0.25) is 0 Å². The molecule has 0 aliphatic heterocycles. The van der Waals surface area contributed by atoms with Gasteiger partial charge < -0.3 is 5.73 Å². The average Bonchev–Trinajstić information content (AvgIpc) is 2.36. The topological polar surface area (TPSA) is 77.2 Å². The molecule has 1 aromatic carbocycles. The lowest BCUT2D eigenvalue weighted by Crippen LogP contribution is -2.20. The molecule has 0 aliphatic rings. The molecule has 106 valence electrons. The van der Waals surface area contributed by atoms with Crippen molar-refractivity contribution in [2.24, 2.45) is 5.73 Å². The molecule has 0 aromatic heterocycles. The molecule has 0 heterocycles. The third-order valence-corrected chi connectivity index (χ3v) is 4.52. The predicted molar refractivity (Wildman–Crippen MR) is 77.2 cm³/mol. The Morgan fingerprint density at radius 3 is 2.26 bits per heavy atom. The van der Waals surface area contributed by atoms with Crippen molar-refractivity contribution >= 4 is 15.6 Å². The largest absolute Gasteiger partial charge is 0.330 e. The first-order valence-corrected chi connectivity index (χ1v) is 8.21. The first-order valence-electron chi connectivity index (χ1n) is 6.39. The number of hydrogen-bond donors (Lipinski definition) is 1. The summed E-state index contributed by atoms with van der Waals surface area (Å²) in [6, 6.07) is 7.11. The van der Waals surface area contributed by atoms with E-state index in [-0.39, 0.29) is 11.5 Å². The van der Waals surface area contributed by atoms with Crippen LogP contribution in [-0.2, 0) is 9.84 Å². The van der Waals surface area contributed by atoms with E-state index in [1.54, 1.807) is 12.1 Å². The summed E-state index contributed by atoms with van der Waals surface area (Å²) in [5, 5.41) is 0. The molecule has 19 heavy (non-hydrogen) atoms. The summed E-state index contributed by atoms with van der Waals surface area (Å²) in [5.74, 6) is -0.433. The molecule has 5 heteroatoms. The summed E-state index contributed by atoms with van der Waals surface area (Å²) in [7, 11) is -3.35. The molecule has 0 saturated heterocycles. The molecule has 0 radical (unpaired) electrons. The molecule has 0 amide bonds. The number of carbonyl (C=O) groups is 1. The number of rotatable bonds is 7. The van der Waals surface area contributed by atoms with Crippen molar-refractivity contribution in [3.05, 3.63) is 35.4 Å². The fourth-order valence-electron chi connectivity index (χ4n) is 1.71. The quantitative estimate of drug-likeness (QED) is 0.773. The maximum atomic E-state index is 11.9. The van der Waals surface area contributed by atoms with Gasteiger partial charge in [-0.05, 0) is 24.4 Å². The number of carbonyl (C=O) groups excluding carboxylic acids is 1. The van der Waals surface area contributed by atoms with Crippen molar-refractivity contribution in [3.8, 4) is 0 Å². The first-order chi connectivity index (χ1) is 8.85. The number of nitrogens with two attached hydrogens (primary N) is 1. The molecule has 0 aliphatic carbocycles. The van der Waals surface area contributed by atoms with Crippen LogP contribution in [0.3, 0.4) is 0 Å². The normalized spacial score (nSPS) is 11.8. The molecular formula is C14H21NO3S. The third kappa shape index (κ3) is 5.12. The Morgan fingerprint density at radius 1 is 1.21 bits per heavy atom. The van der Waals surface area contributed by atoms with Gasteiger partial charge in [0.25, 0.3) is 0 Å². The minimum Gasteiger partial charge on any atom is -0.330 e. The van der Waals surface area contributed by atoms with Gasteiger partial charge in [0.1, 0.15) is 5.75 Å². The van der Waals surface area contributed by atoms with Crippen LogP contribution in [0, 0.1) is 0 Å². The van der Waals surface area contributed by atoms with E-state index in [2.05, 4.69) is 13.8 Å². The summed E-state index contributed by atoms with van der Waals surface area (Å²) < 4.78 is 23.3. The van der Waals surface area contributed by atoms with Crippen molar-refractivity contribution in [2.75, 3.05) is 18.1 Å². The van der Waals surface area contributed by atoms with Crippen LogP contribution in [0.2, 0.25) is 0 Å². The van der Waals surface area contributed by atoms with Crippen molar-refractivity contribution in [1.29, 1.82) is 0 Å². The Balaban J connectivity index is 2.73. The monoisotopic (exact) mass is 283 g/mol. The summed E-state index contributed by atoms with van der Waals surface area (Å²) in [6.45, 7) is 4.44. The summed E-state index contributed by atoms with van der Waals surface area (Å²) in [5.41, 5.74) is 6.85. The van der Waals surface area contributed by atoms with Gasteiger partial charge in [0, 0.05) is 5.56 Å². The molecule has 1 aromatic rings. The van der Waals surface area contributed by atoms with Crippen LogP contribution in [-0.4, -0.2) is 32.3 Å². The van der Waals surface area contributed by atoms with Crippen LogP contribution >= 0.6 is 0 Å². The van der Waals surface area contributed by atoms with Gasteiger partial charge in [0.05, 0.1) is 5.75 Å². The van der Waals surface area contributed by atoms with E-state index in [0.29, 0.717) is 24.4 Å². The lowest BCUT2D eigenvalue weighted by atomic mass is 10.0. The highest BCUT2D eigenvalue weighted by atomic mass is 32.2. The third-order valence-electron chi connectivity index (χ3n) is 2.91. The number of Topliss-reactive ketones (excluding diaryl/α,β-unsaturated/α-hetero) is 1. The summed E-state index contributed by atoms with van der Waals surface area (Å²) in [6.07, 6.45) is 0.391.